The van der Waals surface area contributed by atoms with Gasteiger partial charge in [0.1, 0.15) is 6.54 Å². The van der Waals surface area contributed by atoms with Crippen LogP contribution in [0.15, 0.2) is 41.5 Å². The first kappa shape index (κ1) is 23.8. The number of amides is 1. The summed E-state index contributed by atoms with van der Waals surface area (Å²) >= 11 is 12.1. The number of nitrogens with zero attached hydrogens (tertiary/aromatic N) is 2. The van der Waals surface area contributed by atoms with Crippen LogP contribution in [-0.2, 0) is 14.8 Å². The highest BCUT2D eigenvalue weighted by atomic mass is 35.5. The quantitative estimate of drug-likeness (QED) is 0.468. The summed E-state index contributed by atoms with van der Waals surface area (Å²) in [4.78, 5) is 12.4. The summed E-state index contributed by atoms with van der Waals surface area (Å²) < 4.78 is 35.7. The Morgan fingerprint density at radius 1 is 1.13 bits per heavy atom. The van der Waals surface area contributed by atoms with Crippen molar-refractivity contribution in [1.29, 1.82) is 0 Å². The molecule has 0 aliphatic rings. The minimum Gasteiger partial charge on any atom is -0.493 e. The molecule has 2 rings (SSSR count). The fourth-order valence-electron chi connectivity index (χ4n) is 2.50. The van der Waals surface area contributed by atoms with Crippen LogP contribution in [0.5, 0.6) is 11.5 Å². The third-order valence-corrected chi connectivity index (χ3v) is 5.97. The van der Waals surface area contributed by atoms with Crippen molar-refractivity contribution in [2.24, 2.45) is 5.10 Å². The Bertz CT molecular complexity index is 1070. The van der Waals surface area contributed by atoms with Gasteiger partial charge >= 0.3 is 0 Å². The Labute approximate surface area is 185 Å². The van der Waals surface area contributed by atoms with Crippen molar-refractivity contribution < 1.29 is 22.7 Å². The van der Waals surface area contributed by atoms with E-state index in [9.17, 15) is 13.2 Å². The number of methoxy groups -OCH3 is 2. The molecule has 0 saturated carbocycles. The molecule has 2 aromatic rings. The second-order valence-corrected chi connectivity index (χ2v) is 8.84. The van der Waals surface area contributed by atoms with Crippen LogP contribution in [-0.4, -0.2) is 47.1 Å². The minimum absolute atomic E-state index is 0.0300. The predicted molar refractivity (Wildman–Crippen MR) is 119 cm³/mol. The number of hydrazone groups is 1. The summed E-state index contributed by atoms with van der Waals surface area (Å²) in [6.07, 6.45) is 0.968. The van der Waals surface area contributed by atoms with Gasteiger partial charge in [0, 0.05) is 5.56 Å². The topological polar surface area (TPSA) is 97.3 Å². The smallest absolute Gasteiger partial charge is 0.260 e. The lowest BCUT2D eigenvalue weighted by Crippen LogP contribution is -2.39. The van der Waals surface area contributed by atoms with E-state index in [0.717, 1.165) is 10.6 Å². The maximum absolute atomic E-state index is 12.4. The van der Waals surface area contributed by atoms with Gasteiger partial charge in [0.15, 0.2) is 11.5 Å². The van der Waals surface area contributed by atoms with Crippen molar-refractivity contribution in [3.8, 4) is 11.5 Å². The van der Waals surface area contributed by atoms with Crippen LogP contribution in [0.2, 0.25) is 10.0 Å². The lowest BCUT2D eigenvalue weighted by atomic mass is 10.1. The van der Waals surface area contributed by atoms with Gasteiger partial charge in [0.2, 0.25) is 10.0 Å². The monoisotopic (exact) mass is 473 g/mol. The van der Waals surface area contributed by atoms with E-state index >= 15 is 0 Å². The number of anilines is 1. The standard InChI is InChI=1S/C19H21Cl2N3O5S/c1-12(13-8-9-16(28-2)17(10-13)29-3)22-23-18(25)11-24(30(4,26)27)15-7-5-6-14(20)19(15)21/h5-10H,11H2,1-4H3,(H,23,25)/b22-12-. The van der Waals surface area contributed by atoms with Gasteiger partial charge < -0.3 is 9.47 Å². The Hall–Kier alpha value is -2.49. The maximum Gasteiger partial charge on any atom is 0.260 e. The van der Waals surface area contributed by atoms with Crippen LogP contribution < -0.4 is 19.2 Å². The Morgan fingerprint density at radius 3 is 2.40 bits per heavy atom. The van der Waals surface area contributed by atoms with Crippen LogP contribution in [0.1, 0.15) is 12.5 Å². The first-order valence-corrected chi connectivity index (χ1v) is 11.2. The van der Waals surface area contributed by atoms with Gasteiger partial charge in [0.05, 0.1) is 41.9 Å². The molecule has 1 amide bonds. The number of carbonyl (C=O) groups is 1. The zero-order chi connectivity index (χ0) is 22.5. The van der Waals surface area contributed by atoms with Crippen molar-refractivity contribution >= 4 is 50.5 Å². The van der Waals surface area contributed by atoms with Gasteiger partial charge in [-0.15, -0.1) is 0 Å². The van der Waals surface area contributed by atoms with Crippen LogP contribution in [0, 0.1) is 0 Å². The van der Waals surface area contributed by atoms with Gasteiger partial charge in [0.25, 0.3) is 5.91 Å². The minimum atomic E-state index is -3.81. The van der Waals surface area contributed by atoms with Gasteiger partial charge in [-0.1, -0.05) is 29.3 Å². The van der Waals surface area contributed by atoms with E-state index in [1.165, 1.54) is 26.4 Å². The van der Waals surface area contributed by atoms with Crippen molar-refractivity contribution in [3.05, 3.63) is 52.0 Å². The van der Waals surface area contributed by atoms with E-state index < -0.39 is 22.5 Å². The lowest BCUT2D eigenvalue weighted by molar-refractivity contribution is -0.119. The third-order valence-electron chi connectivity index (χ3n) is 4.04. The molecule has 0 fully saturated rings. The van der Waals surface area contributed by atoms with Crippen molar-refractivity contribution in [1.82, 2.24) is 5.43 Å². The molecule has 162 valence electrons. The van der Waals surface area contributed by atoms with Crippen molar-refractivity contribution in [2.45, 2.75) is 6.92 Å². The molecule has 0 aliphatic carbocycles. The molecule has 11 heteroatoms. The molecule has 0 spiro atoms. The molecular formula is C19H21Cl2N3O5S. The normalized spacial score (nSPS) is 11.7. The number of hydrogen-bond acceptors (Lipinski definition) is 6. The maximum atomic E-state index is 12.4. The Balaban J connectivity index is 2.21. The van der Waals surface area contributed by atoms with Gasteiger partial charge in [-0.2, -0.15) is 5.10 Å². The van der Waals surface area contributed by atoms with Gasteiger partial charge in [-0.3, -0.25) is 9.10 Å². The van der Waals surface area contributed by atoms with Crippen LogP contribution >= 0.6 is 23.2 Å². The number of carbonyl (C=O) groups excluding carboxylic acids is 1. The average molecular weight is 474 g/mol. The summed E-state index contributed by atoms with van der Waals surface area (Å²) in [5, 5.41) is 4.24. The molecule has 0 atom stereocenters. The summed E-state index contributed by atoms with van der Waals surface area (Å²) in [5.41, 5.74) is 3.62. The average Bonchev–Trinajstić information content (AvgIpc) is 2.71. The zero-order valence-corrected chi connectivity index (χ0v) is 19.1. The van der Waals surface area contributed by atoms with Crippen LogP contribution in [0.3, 0.4) is 0 Å². The fraction of sp³-hybridized carbons (Fsp3) is 0.263. The van der Waals surface area contributed by atoms with E-state index in [4.69, 9.17) is 32.7 Å². The lowest BCUT2D eigenvalue weighted by Gasteiger charge is -2.22. The molecule has 0 aliphatic heterocycles. The molecule has 1 N–H and O–H groups in total. The largest absolute Gasteiger partial charge is 0.493 e. The van der Waals surface area contributed by atoms with Crippen LogP contribution in [0.4, 0.5) is 5.69 Å². The molecule has 8 nitrogen and oxygen atoms in total. The number of benzene rings is 2. The number of nitrogens with one attached hydrogen (secondary N) is 1. The Morgan fingerprint density at radius 2 is 1.80 bits per heavy atom. The molecule has 0 bridgehead atoms. The number of halogens is 2. The van der Waals surface area contributed by atoms with Crippen LogP contribution in [0.25, 0.3) is 0 Å². The molecule has 30 heavy (non-hydrogen) atoms. The first-order valence-electron chi connectivity index (χ1n) is 8.55. The highest BCUT2D eigenvalue weighted by molar-refractivity contribution is 7.92. The SMILES string of the molecule is COc1ccc(/C(C)=N\NC(=O)CN(c2cccc(Cl)c2Cl)S(C)(=O)=O)cc1OC. The number of rotatable bonds is 8. The van der Waals surface area contributed by atoms with Crippen molar-refractivity contribution in [2.75, 3.05) is 31.3 Å². The molecule has 0 saturated heterocycles. The summed E-state index contributed by atoms with van der Waals surface area (Å²) in [5.74, 6) is 0.409. The number of sulfonamides is 1. The van der Waals surface area contributed by atoms with E-state index in [1.54, 1.807) is 31.2 Å². The summed E-state index contributed by atoms with van der Waals surface area (Å²) in [6, 6.07) is 9.69. The highest BCUT2D eigenvalue weighted by Crippen LogP contribution is 2.33. The predicted octanol–water partition coefficient (Wildman–Crippen LogP) is 3.32. The highest BCUT2D eigenvalue weighted by Gasteiger charge is 2.24. The summed E-state index contributed by atoms with van der Waals surface area (Å²) in [7, 11) is -0.772. The third kappa shape index (κ3) is 5.78. The summed E-state index contributed by atoms with van der Waals surface area (Å²) in [6.45, 7) is 1.16. The molecular weight excluding hydrogens is 453 g/mol. The van der Waals surface area contributed by atoms with Gasteiger partial charge in [-0.05, 0) is 37.3 Å². The zero-order valence-electron chi connectivity index (χ0n) is 16.8. The van der Waals surface area contributed by atoms with E-state index in [-0.39, 0.29) is 15.7 Å². The second kappa shape index (κ2) is 10.0. The first-order chi connectivity index (χ1) is 14.1. The molecule has 0 radical (unpaired) electrons. The van der Waals surface area contributed by atoms with Gasteiger partial charge in [-0.25, -0.2) is 13.8 Å². The van der Waals surface area contributed by atoms with E-state index in [2.05, 4.69) is 10.5 Å². The molecule has 0 aromatic heterocycles. The number of hydrogen-bond donors (Lipinski definition) is 1. The fourth-order valence-corrected chi connectivity index (χ4v) is 3.81. The molecule has 0 heterocycles. The van der Waals surface area contributed by atoms with E-state index in [1.807, 2.05) is 0 Å². The van der Waals surface area contributed by atoms with Crippen molar-refractivity contribution in [3.63, 3.8) is 0 Å². The number of ether oxygens (including phenoxy) is 2. The molecule has 0 unspecified atom stereocenters. The Kier molecular flexibility index (Phi) is 7.94. The van der Waals surface area contributed by atoms with E-state index in [0.29, 0.717) is 22.8 Å². The molecule has 2 aromatic carbocycles. The second-order valence-electron chi connectivity index (χ2n) is 6.14.